The molecule has 0 spiro atoms. The van der Waals surface area contributed by atoms with Gasteiger partial charge in [-0.1, -0.05) is 43.2 Å². The molecular weight excluding hydrogens is 262 g/mol. The van der Waals surface area contributed by atoms with Crippen molar-refractivity contribution in [3.8, 4) is 0 Å². The van der Waals surface area contributed by atoms with Gasteiger partial charge in [0.25, 0.3) is 0 Å². The van der Waals surface area contributed by atoms with Crippen LogP contribution in [0.1, 0.15) is 43.7 Å². The number of aryl methyl sites for hydroxylation is 1. The molecule has 1 aromatic rings. The van der Waals surface area contributed by atoms with Crippen molar-refractivity contribution in [1.82, 2.24) is 4.90 Å². The molecule has 2 aliphatic rings. The molecule has 0 aromatic heterocycles. The van der Waals surface area contributed by atoms with E-state index in [-0.39, 0.29) is 23.3 Å². The minimum atomic E-state index is -0.298. The lowest BCUT2D eigenvalue weighted by atomic mass is 9.63. The highest BCUT2D eigenvalue weighted by atomic mass is 16.3. The molecule has 114 valence electrons. The summed E-state index contributed by atoms with van der Waals surface area (Å²) in [5, 5.41) is 9.87. The number of likely N-dealkylation sites (tertiary alicyclic amines) is 1. The minimum Gasteiger partial charge on any atom is -0.393 e. The summed E-state index contributed by atoms with van der Waals surface area (Å²) < 4.78 is 0. The highest BCUT2D eigenvalue weighted by Crippen LogP contribution is 2.45. The van der Waals surface area contributed by atoms with E-state index in [1.54, 1.807) is 0 Å². The van der Waals surface area contributed by atoms with Crippen LogP contribution in [0, 0.1) is 12.8 Å². The second kappa shape index (κ2) is 5.45. The number of aliphatic hydroxyl groups excluding tert-OH is 1. The largest absolute Gasteiger partial charge is 0.393 e. The van der Waals surface area contributed by atoms with Crippen LogP contribution in [0.15, 0.2) is 24.3 Å². The summed E-state index contributed by atoms with van der Waals surface area (Å²) in [7, 11) is 0. The van der Waals surface area contributed by atoms with Gasteiger partial charge in [-0.2, -0.15) is 0 Å². The number of piperidine rings is 1. The second-order valence-electron chi connectivity index (χ2n) is 6.89. The van der Waals surface area contributed by atoms with Crippen LogP contribution in [-0.4, -0.2) is 35.1 Å². The molecule has 3 heteroatoms. The molecule has 0 bridgehead atoms. The monoisotopic (exact) mass is 287 g/mol. The summed E-state index contributed by atoms with van der Waals surface area (Å²) >= 11 is 0. The lowest BCUT2D eigenvalue weighted by Gasteiger charge is -2.46. The first-order chi connectivity index (χ1) is 10.0. The third-order valence-corrected chi connectivity index (χ3v) is 5.33. The summed E-state index contributed by atoms with van der Waals surface area (Å²) in [5.41, 5.74) is 2.10. The van der Waals surface area contributed by atoms with E-state index in [1.807, 2.05) is 11.8 Å². The molecule has 3 nitrogen and oxygen atoms in total. The van der Waals surface area contributed by atoms with Gasteiger partial charge in [0.2, 0.25) is 5.91 Å². The van der Waals surface area contributed by atoms with Crippen molar-refractivity contribution >= 4 is 5.91 Å². The molecule has 1 aliphatic carbocycles. The van der Waals surface area contributed by atoms with Gasteiger partial charge in [-0.3, -0.25) is 4.79 Å². The zero-order valence-corrected chi connectivity index (χ0v) is 13.0. The SMILES string of the molecule is Cc1cccc(C2(C(=O)N3CCC(O)C(C)C3)CCC2)c1. The third-order valence-electron chi connectivity index (χ3n) is 5.33. The third kappa shape index (κ3) is 2.48. The number of nitrogens with zero attached hydrogens (tertiary/aromatic N) is 1. The molecule has 1 saturated carbocycles. The Labute approximate surface area is 127 Å². The molecule has 1 N–H and O–H groups in total. The predicted molar refractivity (Wildman–Crippen MR) is 83.1 cm³/mol. The van der Waals surface area contributed by atoms with Crippen LogP contribution in [0.5, 0.6) is 0 Å². The molecule has 0 radical (unpaired) electrons. The van der Waals surface area contributed by atoms with E-state index in [0.29, 0.717) is 19.5 Å². The summed E-state index contributed by atoms with van der Waals surface area (Å²) in [4.78, 5) is 15.1. The lowest BCUT2D eigenvalue weighted by Crippen LogP contribution is -2.55. The fraction of sp³-hybridized carbons (Fsp3) is 0.611. The van der Waals surface area contributed by atoms with Crippen molar-refractivity contribution in [3.63, 3.8) is 0 Å². The number of hydrogen-bond acceptors (Lipinski definition) is 2. The molecule has 2 atom stereocenters. The van der Waals surface area contributed by atoms with Crippen LogP contribution in [0.2, 0.25) is 0 Å². The Kier molecular flexibility index (Phi) is 3.78. The number of benzene rings is 1. The highest BCUT2D eigenvalue weighted by Gasteiger charge is 2.48. The Bertz CT molecular complexity index is 536. The number of aliphatic hydroxyl groups is 1. The number of amides is 1. The molecule has 2 unspecified atom stereocenters. The Morgan fingerprint density at radius 2 is 2.14 bits per heavy atom. The molecule has 1 heterocycles. The fourth-order valence-corrected chi connectivity index (χ4v) is 3.72. The highest BCUT2D eigenvalue weighted by molar-refractivity contribution is 5.89. The summed E-state index contributed by atoms with van der Waals surface area (Å²) in [6, 6.07) is 8.41. The van der Waals surface area contributed by atoms with Gasteiger partial charge >= 0.3 is 0 Å². The van der Waals surface area contributed by atoms with Gasteiger partial charge < -0.3 is 10.0 Å². The quantitative estimate of drug-likeness (QED) is 0.908. The first-order valence-electron chi connectivity index (χ1n) is 8.07. The van der Waals surface area contributed by atoms with Crippen molar-refractivity contribution in [2.75, 3.05) is 13.1 Å². The van der Waals surface area contributed by atoms with Gasteiger partial charge in [0.05, 0.1) is 11.5 Å². The molecule has 1 saturated heterocycles. The zero-order chi connectivity index (χ0) is 15.0. The Morgan fingerprint density at radius 3 is 2.71 bits per heavy atom. The smallest absolute Gasteiger partial charge is 0.233 e. The average molecular weight is 287 g/mol. The summed E-state index contributed by atoms with van der Waals surface area (Å²) in [5.74, 6) is 0.454. The normalized spacial score (nSPS) is 28.0. The fourth-order valence-electron chi connectivity index (χ4n) is 3.72. The zero-order valence-electron chi connectivity index (χ0n) is 13.0. The molecule has 2 fully saturated rings. The van der Waals surface area contributed by atoms with Gasteiger partial charge in [-0.25, -0.2) is 0 Å². The maximum absolute atomic E-state index is 13.1. The Hall–Kier alpha value is -1.35. The van der Waals surface area contributed by atoms with E-state index < -0.39 is 0 Å². The van der Waals surface area contributed by atoms with Gasteiger partial charge in [0.15, 0.2) is 0 Å². The standard InChI is InChI=1S/C18H25NO2/c1-13-5-3-6-15(11-13)18(8-4-9-18)17(21)19-10-7-16(20)14(2)12-19/h3,5-6,11,14,16,20H,4,7-10,12H2,1-2H3. The van der Waals surface area contributed by atoms with Crippen molar-refractivity contribution in [1.29, 1.82) is 0 Å². The topological polar surface area (TPSA) is 40.5 Å². The first-order valence-corrected chi connectivity index (χ1v) is 8.07. The second-order valence-corrected chi connectivity index (χ2v) is 6.89. The van der Waals surface area contributed by atoms with Crippen molar-refractivity contribution in [3.05, 3.63) is 35.4 Å². The number of carbonyl (C=O) groups is 1. The van der Waals surface area contributed by atoms with Gasteiger partial charge in [-0.05, 0) is 37.7 Å². The van der Waals surface area contributed by atoms with E-state index in [0.717, 1.165) is 19.3 Å². The molecule has 1 amide bonds. The van der Waals surface area contributed by atoms with Gasteiger partial charge in [0, 0.05) is 13.1 Å². The van der Waals surface area contributed by atoms with Gasteiger partial charge in [-0.15, -0.1) is 0 Å². The van der Waals surface area contributed by atoms with Gasteiger partial charge in [0.1, 0.15) is 0 Å². The number of carbonyl (C=O) groups excluding carboxylic acids is 1. The van der Waals surface area contributed by atoms with Crippen LogP contribution in [0.4, 0.5) is 0 Å². The van der Waals surface area contributed by atoms with Crippen molar-refractivity contribution in [2.45, 2.75) is 51.0 Å². The lowest BCUT2D eigenvalue weighted by molar-refractivity contribution is -0.144. The Balaban J connectivity index is 1.84. The van der Waals surface area contributed by atoms with E-state index >= 15 is 0 Å². The predicted octanol–water partition coefficient (Wildman–Crippen LogP) is 2.65. The Morgan fingerprint density at radius 1 is 1.38 bits per heavy atom. The maximum atomic E-state index is 13.1. The van der Waals surface area contributed by atoms with Crippen LogP contribution in [0.25, 0.3) is 0 Å². The summed E-state index contributed by atoms with van der Waals surface area (Å²) in [6.45, 7) is 5.50. The van der Waals surface area contributed by atoms with Crippen LogP contribution >= 0.6 is 0 Å². The van der Waals surface area contributed by atoms with Crippen LogP contribution in [0.3, 0.4) is 0 Å². The molecule has 21 heavy (non-hydrogen) atoms. The van der Waals surface area contributed by atoms with Crippen molar-refractivity contribution in [2.24, 2.45) is 5.92 Å². The molecule has 1 aromatic carbocycles. The minimum absolute atomic E-state index is 0.178. The van der Waals surface area contributed by atoms with E-state index in [9.17, 15) is 9.90 Å². The van der Waals surface area contributed by atoms with Crippen molar-refractivity contribution < 1.29 is 9.90 Å². The average Bonchev–Trinajstić information content (AvgIpc) is 2.40. The van der Waals surface area contributed by atoms with E-state index in [2.05, 4.69) is 31.2 Å². The van der Waals surface area contributed by atoms with E-state index in [4.69, 9.17) is 0 Å². The first kappa shape index (κ1) is 14.6. The maximum Gasteiger partial charge on any atom is 0.233 e. The molecule has 3 rings (SSSR count). The number of hydrogen-bond donors (Lipinski definition) is 1. The summed E-state index contributed by atoms with van der Waals surface area (Å²) in [6.07, 6.45) is 3.50. The van der Waals surface area contributed by atoms with Crippen LogP contribution < -0.4 is 0 Å². The van der Waals surface area contributed by atoms with E-state index in [1.165, 1.54) is 11.1 Å². The number of rotatable bonds is 2. The molecular formula is C18H25NO2. The molecule has 1 aliphatic heterocycles. The van der Waals surface area contributed by atoms with Crippen LogP contribution in [-0.2, 0) is 10.2 Å².